The Bertz CT molecular complexity index is 319. The van der Waals surface area contributed by atoms with Crippen molar-refractivity contribution in [3.8, 4) is 0 Å². The fourth-order valence-electron chi connectivity index (χ4n) is 1.80. The molecule has 16 heavy (non-hydrogen) atoms. The summed E-state index contributed by atoms with van der Waals surface area (Å²) in [6.45, 7) is 4.29. The zero-order valence-electron chi connectivity index (χ0n) is 10.1. The van der Waals surface area contributed by atoms with Gasteiger partial charge in [-0.3, -0.25) is 0 Å². The highest BCUT2D eigenvalue weighted by atomic mass is 79.9. The third kappa shape index (κ3) is 3.98. The Morgan fingerprint density at radius 3 is 2.50 bits per heavy atom. The minimum atomic E-state index is -3.30. The lowest BCUT2D eigenvalue weighted by atomic mass is 10.1. The molecule has 0 radical (unpaired) electrons. The van der Waals surface area contributed by atoms with Crippen LogP contribution in [0.15, 0.2) is 0 Å². The highest BCUT2D eigenvalue weighted by Gasteiger charge is 2.26. The minimum Gasteiger partial charge on any atom is -0.202 e. The van der Waals surface area contributed by atoms with E-state index in [1.165, 1.54) is 4.31 Å². The first-order chi connectivity index (χ1) is 7.33. The summed E-state index contributed by atoms with van der Waals surface area (Å²) in [5, 5.41) is 0. The summed E-state index contributed by atoms with van der Waals surface area (Å²) >= 11 is 3.56. The van der Waals surface area contributed by atoms with Crippen molar-refractivity contribution in [2.75, 3.05) is 13.6 Å². The van der Waals surface area contributed by atoms with Crippen LogP contribution in [-0.4, -0.2) is 37.2 Å². The van der Waals surface area contributed by atoms with E-state index in [0.717, 1.165) is 19.3 Å². The Labute approximate surface area is 107 Å². The molecule has 0 saturated heterocycles. The van der Waals surface area contributed by atoms with Gasteiger partial charge in [-0.1, -0.05) is 15.9 Å². The molecule has 0 bridgehead atoms. The lowest BCUT2D eigenvalue weighted by Gasteiger charge is -2.22. The predicted molar refractivity (Wildman–Crippen MR) is 69.9 cm³/mol. The second kappa shape index (κ2) is 5.80. The molecule has 96 valence electrons. The summed E-state index contributed by atoms with van der Waals surface area (Å²) in [7, 11) is -1.69. The monoisotopic (exact) mass is 312 g/mol. The molecule has 4 nitrogen and oxygen atoms in total. The lowest BCUT2D eigenvalue weighted by molar-refractivity contribution is 0.397. The van der Waals surface area contributed by atoms with E-state index in [-0.39, 0.29) is 6.04 Å². The first kappa shape index (κ1) is 14.4. The van der Waals surface area contributed by atoms with Gasteiger partial charge in [-0.25, -0.2) is 4.72 Å². The fourth-order valence-corrected chi connectivity index (χ4v) is 3.80. The summed E-state index contributed by atoms with van der Waals surface area (Å²) in [6, 6.07) is -0.00926. The van der Waals surface area contributed by atoms with Crippen LogP contribution in [0.3, 0.4) is 0 Å². The van der Waals surface area contributed by atoms with Gasteiger partial charge in [-0.15, -0.1) is 0 Å². The van der Waals surface area contributed by atoms with Crippen molar-refractivity contribution in [2.24, 2.45) is 5.92 Å². The highest BCUT2D eigenvalue weighted by Crippen LogP contribution is 2.30. The summed E-state index contributed by atoms with van der Waals surface area (Å²) < 4.78 is 27.7. The molecule has 6 heteroatoms. The van der Waals surface area contributed by atoms with E-state index in [1.807, 2.05) is 13.8 Å². The van der Waals surface area contributed by atoms with E-state index < -0.39 is 10.2 Å². The molecule has 2 unspecified atom stereocenters. The van der Waals surface area contributed by atoms with Gasteiger partial charge in [-0.05, 0) is 39.0 Å². The van der Waals surface area contributed by atoms with Gasteiger partial charge in [0.15, 0.2) is 0 Å². The Morgan fingerprint density at radius 1 is 1.44 bits per heavy atom. The maximum atomic E-state index is 11.8. The Hall–Kier alpha value is 0.350. The third-order valence-corrected chi connectivity index (χ3v) is 5.68. The van der Waals surface area contributed by atoms with E-state index >= 15 is 0 Å². The van der Waals surface area contributed by atoms with Crippen LogP contribution >= 0.6 is 15.9 Å². The third-order valence-electron chi connectivity index (χ3n) is 3.14. The molecule has 1 rings (SSSR count). The van der Waals surface area contributed by atoms with Crippen LogP contribution in [0, 0.1) is 5.92 Å². The summed E-state index contributed by atoms with van der Waals surface area (Å²) in [4.78, 5) is 0.560. The second-order valence-corrected chi connectivity index (χ2v) is 7.85. The number of nitrogens with zero attached hydrogens (tertiary/aromatic N) is 1. The highest BCUT2D eigenvalue weighted by molar-refractivity contribution is 9.09. The van der Waals surface area contributed by atoms with Crippen LogP contribution in [0.2, 0.25) is 0 Å². The van der Waals surface area contributed by atoms with E-state index in [0.29, 0.717) is 17.3 Å². The number of hydrogen-bond acceptors (Lipinski definition) is 2. The smallest absolute Gasteiger partial charge is 0.202 e. The van der Waals surface area contributed by atoms with Crippen molar-refractivity contribution < 1.29 is 8.42 Å². The summed E-state index contributed by atoms with van der Waals surface area (Å²) in [6.07, 6.45) is 3.31. The number of rotatable bonds is 5. The molecule has 0 spiro atoms. The molecule has 0 heterocycles. The molecule has 1 aliphatic rings. The Balaban J connectivity index is 2.42. The van der Waals surface area contributed by atoms with Gasteiger partial charge in [0, 0.05) is 24.5 Å². The van der Waals surface area contributed by atoms with Crippen LogP contribution in [0.4, 0.5) is 0 Å². The molecule has 1 N–H and O–H groups in total. The van der Waals surface area contributed by atoms with Crippen LogP contribution in [0.25, 0.3) is 0 Å². The maximum absolute atomic E-state index is 11.8. The average Bonchev–Trinajstić information content (AvgIpc) is 2.60. The van der Waals surface area contributed by atoms with Gasteiger partial charge in [0.05, 0.1) is 0 Å². The van der Waals surface area contributed by atoms with Crippen molar-refractivity contribution in [1.29, 1.82) is 0 Å². The van der Waals surface area contributed by atoms with E-state index in [2.05, 4.69) is 20.7 Å². The Morgan fingerprint density at radius 2 is 2.06 bits per heavy atom. The van der Waals surface area contributed by atoms with Crippen molar-refractivity contribution in [1.82, 2.24) is 9.03 Å². The molecule has 2 atom stereocenters. The van der Waals surface area contributed by atoms with Gasteiger partial charge >= 0.3 is 0 Å². The molecule has 1 aliphatic carbocycles. The van der Waals surface area contributed by atoms with E-state index in [1.54, 1.807) is 7.05 Å². The molecule has 1 saturated carbocycles. The molecule has 0 aliphatic heterocycles. The van der Waals surface area contributed by atoms with Crippen LogP contribution < -0.4 is 4.72 Å². The van der Waals surface area contributed by atoms with Gasteiger partial charge in [0.1, 0.15) is 0 Å². The van der Waals surface area contributed by atoms with Gasteiger partial charge in [-0.2, -0.15) is 12.7 Å². The van der Waals surface area contributed by atoms with Crippen LogP contribution in [0.5, 0.6) is 0 Å². The quantitative estimate of drug-likeness (QED) is 0.786. The van der Waals surface area contributed by atoms with Crippen molar-refractivity contribution in [3.63, 3.8) is 0 Å². The largest absolute Gasteiger partial charge is 0.279 e. The summed E-state index contributed by atoms with van der Waals surface area (Å²) in [5.74, 6) is 0.472. The maximum Gasteiger partial charge on any atom is 0.279 e. The van der Waals surface area contributed by atoms with Gasteiger partial charge < -0.3 is 0 Å². The van der Waals surface area contributed by atoms with E-state index in [9.17, 15) is 8.42 Å². The van der Waals surface area contributed by atoms with Crippen molar-refractivity contribution in [3.05, 3.63) is 0 Å². The number of halogens is 1. The van der Waals surface area contributed by atoms with Crippen molar-refractivity contribution in [2.45, 2.75) is 44.0 Å². The van der Waals surface area contributed by atoms with Gasteiger partial charge in [0.2, 0.25) is 0 Å². The van der Waals surface area contributed by atoms with E-state index in [4.69, 9.17) is 0 Å². The molecule has 0 aromatic carbocycles. The van der Waals surface area contributed by atoms with Crippen molar-refractivity contribution >= 4 is 26.1 Å². The zero-order valence-corrected chi connectivity index (χ0v) is 12.5. The fraction of sp³-hybridized carbons (Fsp3) is 1.00. The SMILES string of the molecule is CC(C)N(C)S(=O)(=O)NCC1CCC(Br)C1. The normalized spacial score (nSPS) is 26.9. The number of hydrogen-bond donors (Lipinski definition) is 1. The second-order valence-electron chi connectivity index (χ2n) is 4.74. The molecule has 0 aromatic rings. The summed E-state index contributed by atoms with van der Waals surface area (Å²) in [5.41, 5.74) is 0. The standard InChI is InChI=1S/C10H21BrN2O2S/c1-8(2)13(3)16(14,15)12-7-9-4-5-10(11)6-9/h8-10,12H,4-7H2,1-3H3. The average molecular weight is 313 g/mol. The first-order valence-corrected chi connectivity index (χ1v) is 8.05. The predicted octanol–water partition coefficient (Wildman–Crippen LogP) is 1.72. The molecular formula is C10H21BrN2O2S. The number of alkyl halides is 1. The topological polar surface area (TPSA) is 49.4 Å². The van der Waals surface area contributed by atoms with Gasteiger partial charge in [0.25, 0.3) is 10.2 Å². The van der Waals surface area contributed by atoms with Crippen LogP contribution in [0.1, 0.15) is 33.1 Å². The zero-order chi connectivity index (χ0) is 12.3. The lowest BCUT2D eigenvalue weighted by Crippen LogP contribution is -2.43. The molecular weight excluding hydrogens is 292 g/mol. The minimum absolute atomic E-state index is 0.00926. The molecule has 0 aromatic heterocycles. The molecule has 0 amide bonds. The molecule has 1 fully saturated rings. The van der Waals surface area contributed by atoms with Crippen LogP contribution in [-0.2, 0) is 10.2 Å². The number of nitrogens with one attached hydrogen (secondary N) is 1. The first-order valence-electron chi connectivity index (χ1n) is 5.69. The Kier molecular flexibility index (Phi) is 5.22.